The molecule has 3 rings (SSSR count). The number of rotatable bonds is 6. The second-order valence-corrected chi connectivity index (χ2v) is 7.83. The molecule has 0 aliphatic rings. The van der Waals surface area contributed by atoms with Gasteiger partial charge in [-0.3, -0.25) is 4.79 Å². The molecule has 1 N–H and O–H groups in total. The molecule has 6 heteroatoms. The number of carbonyl (C=O) groups excluding carboxylic acids is 1. The second-order valence-electron chi connectivity index (χ2n) is 6.23. The topological polar surface area (TPSA) is 47.6 Å². The SMILES string of the molecule is COc1cc(C(=O)Nc2cccc(Cl)c2)cc(I)c1OCc1ccc(C)cc1. The number of methoxy groups -OCH3 is 1. The molecule has 0 saturated carbocycles. The molecule has 0 spiro atoms. The highest BCUT2D eigenvalue weighted by Gasteiger charge is 2.16. The first-order valence-corrected chi connectivity index (χ1v) is 10.0. The maximum Gasteiger partial charge on any atom is 0.255 e. The van der Waals surface area contributed by atoms with E-state index in [1.54, 1.807) is 43.5 Å². The number of aryl methyl sites for hydroxylation is 1. The summed E-state index contributed by atoms with van der Waals surface area (Å²) in [6, 6.07) is 18.6. The number of carbonyl (C=O) groups is 1. The average molecular weight is 508 g/mol. The molecule has 1 amide bonds. The Bertz CT molecular complexity index is 990. The summed E-state index contributed by atoms with van der Waals surface area (Å²) in [5.41, 5.74) is 3.37. The number of hydrogen-bond acceptors (Lipinski definition) is 3. The molecule has 0 saturated heterocycles. The van der Waals surface area contributed by atoms with Crippen molar-refractivity contribution in [3.63, 3.8) is 0 Å². The zero-order valence-electron chi connectivity index (χ0n) is 15.5. The minimum Gasteiger partial charge on any atom is -0.493 e. The third kappa shape index (κ3) is 5.17. The fraction of sp³-hybridized carbons (Fsp3) is 0.136. The van der Waals surface area contributed by atoms with Crippen LogP contribution in [0, 0.1) is 10.5 Å². The summed E-state index contributed by atoms with van der Waals surface area (Å²) in [7, 11) is 1.56. The summed E-state index contributed by atoms with van der Waals surface area (Å²) < 4.78 is 12.2. The van der Waals surface area contributed by atoms with Crippen molar-refractivity contribution in [2.45, 2.75) is 13.5 Å². The van der Waals surface area contributed by atoms with Gasteiger partial charge in [0.1, 0.15) is 6.61 Å². The zero-order valence-corrected chi connectivity index (χ0v) is 18.4. The Hall–Kier alpha value is -2.25. The van der Waals surface area contributed by atoms with Crippen molar-refractivity contribution in [1.29, 1.82) is 0 Å². The van der Waals surface area contributed by atoms with Crippen molar-refractivity contribution in [2.24, 2.45) is 0 Å². The highest BCUT2D eigenvalue weighted by Crippen LogP contribution is 2.35. The van der Waals surface area contributed by atoms with Gasteiger partial charge in [0.25, 0.3) is 5.91 Å². The molecule has 144 valence electrons. The van der Waals surface area contributed by atoms with E-state index in [9.17, 15) is 4.79 Å². The van der Waals surface area contributed by atoms with E-state index >= 15 is 0 Å². The van der Waals surface area contributed by atoms with E-state index in [-0.39, 0.29) is 5.91 Å². The van der Waals surface area contributed by atoms with E-state index in [0.717, 1.165) is 9.13 Å². The number of ether oxygens (including phenoxy) is 2. The highest BCUT2D eigenvalue weighted by molar-refractivity contribution is 14.1. The van der Waals surface area contributed by atoms with Gasteiger partial charge >= 0.3 is 0 Å². The average Bonchev–Trinajstić information content (AvgIpc) is 2.67. The van der Waals surface area contributed by atoms with Gasteiger partial charge in [0.05, 0.1) is 10.7 Å². The van der Waals surface area contributed by atoms with Gasteiger partial charge < -0.3 is 14.8 Å². The Balaban J connectivity index is 1.78. The Morgan fingerprint density at radius 3 is 2.54 bits per heavy atom. The van der Waals surface area contributed by atoms with Gasteiger partial charge in [-0.2, -0.15) is 0 Å². The standard InChI is InChI=1S/C22H19ClINO3/c1-14-6-8-15(9-7-14)13-28-21-19(24)10-16(11-20(21)27-2)22(26)25-18-5-3-4-17(23)12-18/h3-12H,13H2,1-2H3,(H,25,26). The molecule has 0 unspecified atom stereocenters. The van der Waals surface area contributed by atoms with Gasteiger partial charge in [-0.25, -0.2) is 0 Å². The molecule has 4 nitrogen and oxygen atoms in total. The van der Waals surface area contributed by atoms with Gasteiger partial charge in [-0.05, 0) is 65.4 Å². The van der Waals surface area contributed by atoms with Crippen LogP contribution in [-0.4, -0.2) is 13.0 Å². The van der Waals surface area contributed by atoms with E-state index in [2.05, 4.69) is 27.9 Å². The number of amides is 1. The summed E-state index contributed by atoms with van der Waals surface area (Å²) in [6.45, 7) is 2.46. The molecule has 0 radical (unpaired) electrons. The summed E-state index contributed by atoms with van der Waals surface area (Å²) in [4.78, 5) is 12.6. The molecule has 3 aromatic carbocycles. The predicted molar refractivity (Wildman–Crippen MR) is 121 cm³/mol. The fourth-order valence-electron chi connectivity index (χ4n) is 2.60. The lowest BCUT2D eigenvalue weighted by molar-refractivity contribution is 0.102. The lowest BCUT2D eigenvalue weighted by Crippen LogP contribution is -2.13. The van der Waals surface area contributed by atoms with Crippen LogP contribution in [0.25, 0.3) is 0 Å². The summed E-state index contributed by atoms with van der Waals surface area (Å²) in [6.07, 6.45) is 0. The van der Waals surface area contributed by atoms with Crippen LogP contribution in [0.2, 0.25) is 5.02 Å². The van der Waals surface area contributed by atoms with Gasteiger partial charge in [0.2, 0.25) is 0 Å². The normalized spacial score (nSPS) is 10.4. The smallest absolute Gasteiger partial charge is 0.255 e. The van der Waals surface area contributed by atoms with Crippen molar-refractivity contribution in [1.82, 2.24) is 0 Å². The maximum atomic E-state index is 12.6. The Kier molecular flexibility index (Phi) is 6.80. The van der Waals surface area contributed by atoms with Crippen molar-refractivity contribution >= 4 is 45.8 Å². The molecule has 0 heterocycles. The van der Waals surface area contributed by atoms with Crippen molar-refractivity contribution < 1.29 is 14.3 Å². The van der Waals surface area contributed by atoms with E-state index in [4.69, 9.17) is 21.1 Å². The molecule has 0 aliphatic heterocycles. The first-order valence-electron chi connectivity index (χ1n) is 8.59. The van der Waals surface area contributed by atoms with E-state index < -0.39 is 0 Å². The van der Waals surface area contributed by atoms with Gasteiger partial charge in [-0.15, -0.1) is 0 Å². The molecule has 0 aliphatic carbocycles. The molecule has 3 aromatic rings. The lowest BCUT2D eigenvalue weighted by atomic mass is 10.1. The molecular formula is C22H19ClINO3. The monoisotopic (exact) mass is 507 g/mol. The second kappa shape index (κ2) is 9.30. The van der Waals surface area contributed by atoms with Crippen LogP contribution < -0.4 is 14.8 Å². The van der Waals surface area contributed by atoms with Crippen LogP contribution >= 0.6 is 34.2 Å². The number of halogens is 2. The van der Waals surface area contributed by atoms with Crippen molar-refractivity contribution in [3.8, 4) is 11.5 Å². The zero-order chi connectivity index (χ0) is 20.1. The van der Waals surface area contributed by atoms with Crippen LogP contribution in [0.1, 0.15) is 21.5 Å². The Morgan fingerprint density at radius 1 is 1.11 bits per heavy atom. The van der Waals surface area contributed by atoms with Crippen molar-refractivity contribution in [3.05, 3.63) is 85.9 Å². The number of benzene rings is 3. The highest BCUT2D eigenvalue weighted by atomic mass is 127. The van der Waals surface area contributed by atoms with E-state index in [1.807, 2.05) is 31.2 Å². The molecule has 0 aromatic heterocycles. The van der Waals surface area contributed by atoms with Crippen LogP contribution in [0.5, 0.6) is 11.5 Å². The van der Waals surface area contributed by atoms with Gasteiger partial charge in [-0.1, -0.05) is 47.5 Å². The number of nitrogens with one attached hydrogen (secondary N) is 1. The first-order chi connectivity index (χ1) is 13.5. The van der Waals surface area contributed by atoms with Crippen LogP contribution in [0.4, 0.5) is 5.69 Å². The number of hydrogen-bond donors (Lipinski definition) is 1. The lowest BCUT2D eigenvalue weighted by Gasteiger charge is -2.15. The molecule has 0 bridgehead atoms. The third-order valence-electron chi connectivity index (χ3n) is 4.08. The molecule has 28 heavy (non-hydrogen) atoms. The number of anilines is 1. The first kappa shape index (κ1) is 20.5. The summed E-state index contributed by atoms with van der Waals surface area (Å²) >= 11 is 8.12. The van der Waals surface area contributed by atoms with Crippen LogP contribution in [0.3, 0.4) is 0 Å². The molecule has 0 fully saturated rings. The largest absolute Gasteiger partial charge is 0.493 e. The Labute approximate surface area is 183 Å². The minimum atomic E-state index is -0.247. The van der Waals surface area contributed by atoms with E-state index in [0.29, 0.717) is 34.4 Å². The van der Waals surface area contributed by atoms with Crippen molar-refractivity contribution in [2.75, 3.05) is 12.4 Å². The van der Waals surface area contributed by atoms with Crippen LogP contribution in [0.15, 0.2) is 60.7 Å². The summed E-state index contributed by atoms with van der Waals surface area (Å²) in [5.74, 6) is 0.877. The predicted octanol–water partition coefficient (Wildman–Crippen LogP) is 6.09. The maximum absolute atomic E-state index is 12.6. The van der Waals surface area contributed by atoms with Gasteiger partial charge in [0, 0.05) is 16.3 Å². The minimum absolute atomic E-state index is 0.247. The van der Waals surface area contributed by atoms with E-state index in [1.165, 1.54) is 5.56 Å². The third-order valence-corrected chi connectivity index (χ3v) is 5.11. The Morgan fingerprint density at radius 2 is 1.86 bits per heavy atom. The summed E-state index contributed by atoms with van der Waals surface area (Å²) in [5, 5.41) is 3.40. The molecular weight excluding hydrogens is 489 g/mol. The quantitative estimate of drug-likeness (QED) is 0.411. The fourth-order valence-corrected chi connectivity index (χ4v) is 3.55. The van der Waals surface area contributed by atoms with Crippen LogP contribution in [-0.2, 0) is 6.61 Å². The van der Waals surface area contributed by atoms with Gasteiger partial charge in [0.15, 0.2) is 11.5 Å². The molecule has 0 atom stereocenters.